The van der Waals surface area contributed by atoms with E-state index < -0.39 is 0 Å². The third-order valence-electron chi connectivity index (χ3n) is 3.87. The number of esters is 1. The quantitative estimate of drug-likeness (QED) is 0.777. The van der Waals surface area contributed by atoms with Crippen molar-refractivity contribution in [3.63, 3.8) is 0 Å². The number of hydrogen-bond donors (Lipinski definition) is 1. The number of rotatable bonds is 7. The zero-order valence-electron chi connectivity index (χ0n) is 12.3. The van der Waals surface area contributed by atoms with Crippen molar-refractivity contribution >= 4 is 5.97 Å². The van der Waals surface area contributed by atoms with Crippen LogP contribution in [0.2, 0.25) is 0 Å². The van der Waals surface area contributed by atoms with Crippen LogP contribution >= 0.6 is 0 Å². The van der Waals surface area contributed by atoms with Crippen LogP contribution in [-0.4, -0.2) is 24.7 Å². The van der Waals surface area contributed by atoms with E-state index in [1.807, 2.05) is 25.1 Å². The maximum atomic E-state index is 11.8. The van der Waals surface area contributed by atoms with Gasteiger partial charge in [0.25, 0.3) is 0 Å². The van der Waals surface area contributed by atoms with Crippen LogP contribution in [0, 0.1) is 0 Å². The van der Waals surface area contributed by atoms with Crippen molar-refractivity contribution in [2.24, 2.45) is 0 Å². The van der Waals surface area contributed by atoms with Gasteiger partial charge in [0.2, 0.25) is 0 Å². The topological polar surface area (TPSA) is 38.3 Å². The molecular formula is C17H25NO2. The minimum atomic E-state index is -0.0982. The van der Waals surface area contributed by atoms with Gasteiger partial charge in [0.15, 0.2) is 0 Å². The molecule has 3 nitrogen and oxygen atoms in total. The van der Waals surface area contributed by atoms with E-state index in [-0.39, 0.29) is 12.0 Å². The molecule has 1 unspecified atom stereocenters. The van der Waals surface area contributed by atoms with Crippen LogP contribution in [0.25, 0.3) is 0 Å². The lowest BCUT2D eigenvalue weighted by molar-refractivity contribution is -0.143. The summed E-state index contributed by atoms with van der Waals surface area (Å²) in [5, 5.41) is 3.65. The van der Waals surface area contributed by atoms with Crippen LogP contribution in [0.15, 0.2) is 30.3 Å². The zero-order valence-corrected chi connectivity index (χ0v) is 12.3. The van der Waals surface area contributed by atoms with Crippen molar-refractivity contribution in [2.75, 3.05) is 6.61 Å². The fourth-order valence-electron chi connectivity index (χ4n) is 2.94. The monoisotopic (exact) mass is 275 g/mol. The fourth-order valence-corrected chi connectivity index (χ4v) is 2.94. The highest BCUT2D eigenvalue weighted by Gasteiger charge is 2.21. The Balaban J connectivity index is 1.93. The maximum absolute atomic E-state index is 11.8. The summed E-state index contributed by atoms with van der Waals surface area (Å²) in [4.78, 5) is 11.8. The number of hydrogen-bond acceptors (Lipinski definition) is 3. The first-order chi connectivity index (χ1) is 9.78. The predicted octanol–water partition coefficient (Wildman–Crippen LogP) is 3.08. The van der Waals surface area contributed by atoms with Gasteiger partial charge in [0, 0.05) is 12.1 Å². The highest BCUT2D eigenvalue weighted by Crippen LogP contribution is 2.19. The molecule has 110 valence electrons. The number of ether oxygens (including phenoxy) is 1. The van der Waals surface area contributed by atoms with Gasteiger partial charge in [-0.2, -0.15) is 0 Å². The van der Waals surface area contributed by atoms with Crippen LogP contribution in [0.5, 0.6) is 0 Å². The van der Waals surface area contributed by atoms with E-state index in [1.54, 1.807) is 0 Å². The number of carbonyl (C=O) groups excluding carboxylic acids is 1. The molecule has 0 saturated heterocycles. The molecule has 3 heteroatoms. The minimum Gasteiger partial charge on any atom is -0.466 e. The van der Waals surface area contributed by atoms with Gasteiger partial charge in [-0.25, -0.2) is 0 Å². The van der Waals surface area contributed by atoms with Crippen molar-refractivity contribution in [1.82, 2.24) is 5.32 Å². The minimum absolute atomic E-state index is 0.0982. The smallest absolute Gasteiger partial charge is 0.307 e. The molecule has 1 saturated carbocycles. The van der Waals surface area contributed by atoms with Crippen LogP contribution in [0.1, 0.15) is 44.6 Å². The second-order valence-electron chi connectivity index (χ2n) is 5.54. The largest absolute Gasteiger partial charge is 0.466 e. The summed E-state index contributed by atoms with van der Waals surface area (Å²) in [6.07, 6.45) is 6.40. The Hall–Kier alpha value is -1.35. The van der Waals surface area contributed by atoms with E-state index >= 15 is 0 Å². The molecule has 1 aliphatic carbocycles. The van der Waals surface area contributed by atoms with Gasteiger partial charge in [-0.15, -0.1) is 0 Å². The lowest BCUT2D eigenvalue weighted by Gasteiger charge is -2.22. The molecule has 20 heavy (non-hydrogen) atoms. The number of carbonyl (C=O) groups is 1. The Morgan fingerprint density at radius 2 is 2.00 bits per heavy atom. The molecule has 0 spiro atoms. The Bertz CT molecular complexity index is 399. The number of nitrogens with one attached hydrogen (secondary N) is 1. The Morgan fingerprint density at radius 1 is 1.30 bits per heavy atom. The normalized spacial score (nSPS) is 17.1. The molecule has 1 atom stereocenters. The average molecular weight is 275 g/mol. The average Bonchev–Trinajstić information content (AvgIpc) is 2.93. The summed E-state index contributed by atoms with van der Waals surface area (Å²) in [5.74, 6) is -0.0982. The van der Waals surface area contributed by atoms with Gasteiger partial charge >= 0.3 is 5.97 Å². The molecule has 1 aliphatic rings. The third-order valence-corrected chi connectivity index (χ3v) is 3.87. The summed E-state index contributed by atoms with van der Waals surface area (Å²) in [7, 11) is 0. The second-order valence-corrected chi connectivity index (χ2v) is 5.54. The number of benzene rings is 1. The molecular weight excluding hydrogens is 250 g/mol. The van der Waals surface area contributed by atoms with Gasteiger partial charge in [0.05, 0.1) is 13.0 Å². The summed E-state index contributed by atoms with van der Waals surface area (Å²) in [6.45, 7) is 2.31. The van der Waals surface area contributed by atoms with E-state index in [4.69, 9.17) is 4.74 Å². The molecule has 1 aromatic carbocycles. The summed E-state index contributed by atoms with van der Waals surface area (Å²) >= 11 is 0. The Kier molecular flexibility index (Phi) is 6.06. The van der Waals surface area contributed by atoms with Gasteiger partial charge in [-0.1, -0.05) is 43.2 Å². The fraction of sp³-hybridized carbons (Fsp3) is 0.588. The summed E-state index contributed by atoms with van der Waals surface area (Å²) < 4.78 is 5.10. The van der Waals surface area contributed by atoms with Crippen LogP contribution in [0.3, 0.4) is 0 Å². The van der Waals surface area contributed by atoms with E-state index in [9.17, 15) is 4.79 Å². The molecule has 0 bridgehead atoms. The van der Waals surface area contributed by atoms with Crippen LogP contribution in [-0.2, 0) is 16.0 Å². The van der Waals surface area contributed by atoms with Gasteiger partial charge < -0.3 is 10.1 Å². The summed E-state index contributed by atoms with van der Waals surface area (Å²) in [5.41, 5.74) is 1.27. The first-order valence-electron chi connectivity index (χ1n) is 7.73. The molecule has 1 N–H and O–H groups in total. The van der Waals surface area contributed by atoms with Crippen molar-refractivity contribution in [2.45, 2.75) is 57.5 Å². The first-order valence-corrected chi connectivity index (χ1v) is 7.73. The summed E-state index contributed by atoms with van der Waals surface area (Å²) in [6, 6.07) is 11.1. The molecule has 0 heterocycles. The molecule has 0 aliphatic heterocycles. The van der Waals surface area contributed by atoms with Crippen LogP contribution in [0.4, 0.5) is 0 Å². The van der Waals surface area contributed by atoms with Crippen molar-refractivity contribution in [1.29, 1.82) is 0 Å². The van der Waals surface area contributed by atoms with E-state index in [0.717, 1.165) is 6.42 Å². The van der Waals surface area contributed by atoms with Crippen molar-refractivity contribution < 1.29 is 9.53 Å². The zero-order chi connectivity index (χ0) is 14.2. The van der Waals surface area contributed by atoms with Gasteiger partial charge in [-0.3, -0.25) is 4.79 Å². The maximum Gasteiger partial charge on any atom is 0.307 e. The van der Waals surface area contributed by atoms with E-state index in [2.05, 4.69) is 17.4 Å². The molecule has 0 aromatic heterocycles. The first kappa shape index (κ1) is 15.0. The molecule has 0 radical (unpaired) electrons. The molecule has 0 amide bonds. The second kappa shape index (κ2) is 8.05. The molecule has 1 aromatic rings. The van der Waals surface area contributed by atoms with E-state index in [0.29, 0.717) is 19.1 Å². The van der Waals surface area contributed by atoms with Gasteiger partial charge in [-0.05, 0) is 31.7 Å². The van der Waals surface area contributed by atoms with Crippen molar-refractivity contribution in [3.05, 3.63) is 35.9 Å². The molecule has 1 fully saturated rings. The Labute approximate surface area is 121 Å². The standard InChI is InChI=1S/C17H25NO2/c1-2-20-17(19)13-16(18-15-10-6-7-11-15)12-14-8-4-3-5-9-14/h3-5,8-9,15-16,18H,2,6-7,10-13H2,1H3. The third kappa shape index (κ3) is 4.97. The lowest BCUT2D eigenvalue weighted by Crippen LogP contribution is -2.40. The lowest BCUT2D eigenvalue weighted by atomic mass is 10.0. The highest BCUT2D eigenvalue weighted by molar-refractivity contribution is 5.70. The van der Waals surface area contributed by atoms with Gasteiger partial charge in [0.1, 0.15) is 0 Å². The van der Waals surface area contributed by atoms with Crippen molar-refractivity contribution in [3.8, 4) is 0 Å². The van der Waals surface area contributed by atoms with Crippen LogP contribution < -0.4 is 5.32 Å². The Morgan fingerprint density at radius 3 is 2.65 bits per heavy atom. The van der Waals surface area contributed by atoms with E-state index in [1.165, 1.54) is 31.2 Å². The predicted molar refractivity (Wildman–Crippen MR) is 80.6 cm³/mol. The SMILES string of the molecule is CCOC(=O)CC(Cc1ccccc1)NC1CCCC1. The molecule has 2 rings (SSSR count). The highest BCUT2D eigenvalue weighted by atomic mass is 16.5.